The van der Waals surface area contributed by atoms with E-state index < -0.39 is 0 Å². The normalized spacial score (nSPS) is 17.0. The third-order valence-electron chi connectivity index (χ3n) is 4.01. The second kappa shape index (κ2) is 10.4. The van der Waals surface area contributed by atoms with Crippen LogP contribution in [-0.4, -0.2) is 19.3 Å². The van der Waals surface area contributed by atoms with Crippen molar-refractivity contribution in [3.8, 4) is 5.75 Å². The van der Waals surface area contributed by atoms with Crippen LogP contribution in [0.3, 0.4) is 0 Å². The molecule has 0 spiro atoms. The van der Waals surface area contributed by atoms with Gasteiger partial charge in [0, 0.05) is 0 Å². The Morgan fingerprint density at radius 3 is 2.55 bits per heavy atom. The summed E-state index contributed by atoms with van der Waals surface area (Å²) in [7, 11) is 0. The Balaban J connectivity index is 1.59. The number of aryl methyl sites for hydroxylation is 1. The van der Waals surface area contributed by atoms with Gasteiger partial charge in [-0.2, -0.15) is 0 Å². The number of rotatable bonds is 12. The van der Waals surface area contributed by atoms with E-state index in [1.54, 1.807) is 0 Å². The van der Waals surface area contributed by atoms with Gasteiger partial charge in [0.05, 0.1) is 6.61 Å². The molecular weight excluding hydrogens is 272 g/mol. The van der Waals surface area contributed by atoms with Crippen molar-refractivity contribution < 1.29 is 9.47 Å². The van der Waals surface area contributed by atoms with Crippen molar-refractivity contribution in [1.29, 1.82) is 0 Å². The molecule has 0 saturated carbocycles. The molecule has 122 valence electrons. The summed E-state index contributed by atoms with van der Waals surface area (Å²) >= 11 is 0. The fourth-order valence-corrected chi connectivity index (χ4v) is 2.52. The summed E-state index contributed by atoms with van der Waals surface area (Å²) in [5.41, 5.74) is 1.33. The second-order valence-electron chi connectivity index (χ2n) is 6.09. The van der Waals surface area contributed by atoms with Crippen LogP contribution in [-0.2, 0) is 11.2 Å². The average molecular weight is 302 g/mol. The van der Waals surface area contributed by atoms with Crippen LogP contribution in [0.5, 0.6) is 5.75 Å². The van der Waals surface area contributed by atoms with E-state index in [0.717, 1.165) is 18.8 Å². The molecule has 1 heterocycles. The number of unbranched alkanes of at least 4 members (excludes halogenated alkanes) is 5. The van der Waals surface area contributed by atoms with Gasteiger partial charge in [-0.3, -0.25) is 0 Å². The highest BCUT2D eigenvalue weighted by Gasteiger charge is 2.23. The lowest BCUT2D eigenvalue weighted by atomic mass is 10.1. The molecule has 2 heteroatoms. The Morgan fingerprint density at radius 2 is 1.82 bits per heavy atom. The van der Waals surface area contributed by atoms with Crippen LogP contribution in [0.25, 0.3) is 0 Å². The maximum Gasteiger partial charge on any atom is 0.122 e. The van der Waals surface area contributed by atoms with E-state index in [9.17, 15) is 0 Å². The average Bonchev–Trinajstić information content (AvgIpc) is 3.36. The van der Waals surface area contributed by atoms with Crippen LogP contribution in [0.1, 0.15) is 57.4 Å². The smallest absolute Gasteiger partial charge is 0.122 e. The van der Waals surface area contributed by atoms with E-state index in [-0.39, 0.29) is 0 Å². The Morgan fingerprint density at radius 1 is 1.09 bits per heavy atom. The molecule has 0 aliphatic carbocycles. The third-order valence-corrected chi connectivity index (χ3v) is 4.01. The summed E-state index contributed by atoms with van der Waals surface area (Å²) in [6.45, 7) is 3.80. The highest BCUT2D eigenvalue weighted by molar-refractivity contribution is 5.33. The van der Waals surface area contributed by atoms with Crippen LogP contribution < -0.4 is 4.74 Å². The molecule has 1 aliphatic rings. The van der Waals surface area contributed by atoms with E-state index in [1.165, 1.54) is 50.5 Å². The van der Waals surface area contributed by atoms with Crippen LogP contribution in [0, 0.1) is 0 Å². The number of ether oxygens (including phenoxy) is 2. The van der Waals surface area contributed by atoms with Crippen molar-refractivity contribution >= 4 is 0 Å². The number of epoxide rings is 1. The first kappa shape index (κ1) is 17.1. The summed E-state index contributed by atoms with van der Waals surface area (Å²) in [5, 5.41) is 0. The van der Waals surface area contributed by atoms with Gasteiger partial charge in [0.15, 0.2) is 0 Å². The standard InChI is InChI=1S/C20H30O2/c1-2-3-4-5-6-7-8-9-10-13-18-14-11-12-15-20(18)22-17-19-16-21-19/h6-7,11-12,14-15,19H,2-5,8-10,13,16-17H2,1H3/b7-6+. The van der Waals surface area contributed by atoms with E-state index >= 15 is 0 Å². The molecular formula is C20H30O2. The molecule has 1 atom stereocenters. The molecule has 1 aliphatic heterocycles. The van der Waals surface area contributed by atoms with Gasteiger partial charge in [-0.15, -0.1) is 0 Å². The molecule has 0 bridgehead atoms. The monoisotopic (exact) mass is 302 g/mol. The first-order chi connectivity index (χ1) is 10.9. The predicted octanol–water partition coefficient (Wildman–Crippen LogP) is 5.31. The minimum atomic E-state index is 0.325. The molecule has 1 unspecified atom stereocenters. The first-order valence-corrected chi connectivity index (χ1v) is 8.87. The van der Waals surface area contributed by atoms with Gasteiger partial charge >= 0.3 is 0 Å². The molecule has 2 rings (SSSR count). The summed E-state index contributed by atoms with van der Waals surface area (Å²) in [5.74, 6) is 1.04. The van der Waals surface area contributed by atoms with Crippen molar-refractivity contribution in [2.75, 3.05) is 13.2 Å². The molecule has 2 nitrogen and oxygen atoms in total. The minimum absolute atomic E-state index is 0.325. The van der Waals surface area contributed by atoms with Crippen LogP contribution in [0.4, 0.5) is 0 Å². The molecule has 1 saturated heterocycles. The number of benzene rings is 1. The Kier molecular flexibility index (Phi) is 8.11. The lowest BCUT2D eigenvalue weighted by Crippen LogP contribution is -2.05. The predicted molar refractivity (Wildman–Crippen MR) is 92.5 cm³/mol. The highest BCUT2D eigenvalue weighted by Crippen LogP contribution is 2.22. The minimum Gasteiger partial charge on any atom is -0.491 e. The number of hydrogen-bond acceptors (Lipinski definition) is 2. The summed E-state index contributed by atoms with van der Waals surface area (Å²) < 4.78 is 11.1. The fourth-order valence-electron chi connectivity index (χ4n) is 2.52. The molecule has 0 aromatic heterocycles. The Labute approximate surface area is 135 Å². The van der Waals surface area contributed by atoms with Crippen molar-refractivity contribution in [3.63, 3.8) is 0 Å². The largest absolute Gasteiger partial charge is 0.491 e. The zero-order valence-electron chi connectivity index (χ0n) is 13.9. The lowest BCUT2D eigenvalue weighted by molar-refractivity contribution is 0.261. The van der Waals surface area contributed by atoms with Gasteiger partial charge in [-0.1, -0.05) is 50.1 Å². The van der Waals surface area contributed by atoms with Crippen molar-refractivity contribution in [1.82, 2.24) is 0 Å². The van der Waals surface area contributed by atoms with Crippen molar-refractivity contribution in [3.05, 3.63) is 42.0 Å². The summed E-state index contributed by atoms with van der Waals surface area (Å²) in [6, 6.07) is 8.41. The molecule has 1 aromatic carbocycles. The van der Waals surface area contributed by atoms with E-state index in [2.05, 4.69) is 37.3 Å². The molecule has 0 amide bonds. The first-order valence-electron chi connectivity index (χ1n) is 8.87. The number of hydrogen-bond donors (Lipinski definition) is 0. The summed E-state index contributed by atoms with van der Waals surface area (Å²) in [6.07, 6.45) is 15.0. The van der Waals surface area contributed by atoms with Gasteiger partial charge in [0.25, 0.3) is 0 Å². The van der Waals surface area contributed by atoms with E-state index in [0.29, 0.717) is 12.7 Å². The second-order valence-corrected chi connectivity index (χ2v) is 6.09. The van der Waals surface area contributed by atoms with Gasteiger partial charge in [0.1, 0.15) is 18.5 Å². The molecule has 0 N–H and O–H groups in total. The van der Waals surface area contributed by atoms with Crippen LogP contribution in [0.15, 0.2) is 36.4 Å². The zero-order chi connectivity index (χ0) is 15.5. The number of allylic oxidation sites excluding steroid dienone is 2. The van der Waals surface area contributed by atoms with Gasteiger partial charge < -0.3 is 9.47 Å². The van der Waals surface area contributed by atoms with Crippen molar-refractivity contribution in [2.45, 2.75) is 64.4 Å². The quantitative estimate of drug-likeness (QED) is 0.296. The topological polar surface area (TPSA) is 21.8 Å². The summed E-state index contributed by atoms with van der Waals surface area (Å²) in [4.78, 5) is 0. The van der Waals surface area contributed by atoms with Gasteiger partial charge in [-0.25, -0.2) is 0 Å². The number of para-hydroxylation sites is 1. The van der Waals surface area contributed by atoms with E-state index in [4.69, 9.17) is 9.47 Å². The lowest BCUT2D eigenvalue weighted by Gasteiger charge is -2.10. The Hall–Kier alpha value is -1.28. The molecule has 1 fully saturated rings. The van der Waals surface area contributed by atoms with Crippen LogP contribution >= 0.6 is 0 Å². The van der Waals surface area contributed by atoms with Gasteiger partial charge in [-0.05, 0) is 50.2 Å². The maximum atomic E-state index is 5.86. The molecule has 22 heavy (non-hydrogen) atoms. The third kappa shape index (κ3) is 7.13. The Bertz CT molecular complexity index is 435. The van der Waals surface area contributed by atoms with Crippen LogP contribution in [0.2, 0.25) is 0 Å². The SMILES string of the molecule is CCCCC/C=C/CCCCc1ccccc1OCC1CO1. The van der Waals surface area contributed by atoms with E-state index in [1.807, 2.05) is 6.07 Å². The van der Waals surface area contributed by atoms with Crippen molar-refractivity contribution in [2.24, 2.45) is 0 Å². The fraction of sp³-hybridized carbons (Fsp3) is 0.600. The maximum absolute atomic E-state index is 5.86. The molecule has 0 radical (unpaired) electrons. The highest BCUT2D eigenvalue weighted by atomic mass is 16.6. The molecule has 1 aromatic rings. The van der Waals surface area contributed by atoms with Gasteiger partial charge in [0.2, 0.25) is 0 Å². The zero-order valence-corrected chi connectivity index (χ0v) is 13.9.